The molecule has 122 valence electrons. The van der Waals surface area contributed by atoms with Gasteiger partial charge in [-0.25, -0.2) is 0 Å². The van der Waals surface area contributed by atoms with Crippen LogP contribution in [0.15, 0.2) is 40.5 Å². The Bertz CT molecular complexity index is 750. The van der Waals surface area contributed by atoms with Gasteiger partial charge in [-0.05, 0) is 12.1 Å². The summed E-state index contributed by atoms with van der Waals surface area (Å²) in [6.07, 6.45) is 0.838. The molecule has 3 rings (SSSR count). The van der Waals surface area contributed by atoms with Crippen molar-refractivity contribution in [3.8, 4) is 5.75 Å². The molecule has 23 heavy (non-hydrogen) atoms. The Kier molecular flexibility index (Phi) is 4.02. The monoisotopic (exact) mass is 332 g/mol. The van der Waals surface area contributed by atoms with Crippen LogP contribution < -0.4 is 9.61 Å². The quantitative estimate of drug-likeness (QED) is 0.936. The number of benzene rings is 1. The van der Waals surface area contributed by atoms with E-state index in [4.69, 9.17) is 4.74 Å². The zero-order valence-corrected chi connectivity index (χ0v) is 14.2. The van der Waals surface area contributed by atoms with Crippen LogP contribution in [0.25, 0.3) is 0 Å². The molecule has 2 aromatic rings. The third-order valence-electron chi connectivity index (χ3n) is 4.69. The van der Waals surface area contributed by atoms with E-state index in [9.17, 15) is 9.59 Å². The molecule has 1 aromatic carbocycles. The first-order chi connectivity index (χ1) is 10.9. The van der Waals surface area contributed by atoms with Gasteiger partial charge in [-0.2, -0.15) is 0 Å². The molecular weight excluding hydrogens is 312 g/mol. The Balaban J connectivity index is 1.68. The highest BCUT2D eigenvalue weighted by molar-refractivity contribution is 7.07. The third kappa shape index (κ3) is 2.91. The molecule has 1 aliphatic carbocycles. The molecule has 1 N–H and O–H groups in total. The predicted octanol–water partition coefficient (Wildman–Crippen LogP) is 2.75. The van der Waals surface area contributed by atoms with E-state index in [0.29, 0.717) is 5.69 Å². The summed E-state index contributed by atoms with van der Waals surface area (Å²) >= 11 is 1.01. The number of para-hydroxylation sites is 1. The van der Waals surface area contributed by atoms with Crippen molar-refractivity contribution in [2.45, 2.75) is 32.4 Å². The normalized spacial score (nSPS) is 22.2. The third-order valence-corrected chi connectivity index (χ3v) is 5.36. The lowest BCUT2D eigenvalue weighted by atomic mass is 9.63. The van der Waals surface area contributed by atoms with Gasteiger partial charge in [0.2, 0.25) is 0 Å². The minimum absolute atomic E-state index is 0.0617. The number of rotatable bonds is 4. The van der Waals surface area contributed by atoms with Crippen molar-refractivity contribution in [2.24, 2.45) is 5.41 Å². The van der Waals surface area contributed by atoms with Gasteiger partial charge in [0.15, 0.2) is 0 Å². The summed E-state index contributed by atoms with van der Waals surface area (Å²) in [7, 11) is 1.78. The average molecular weight is 332 g/mol. The molecule has 0 saturated heterocycles. The van der Waals surface area contributed by atoms with E-state index in [1.165, 1.54) is 0 Å². The maximum atomic E-state index is 12.5. The Labute approximate surface area is 138 Å². The van der Waals surface area contributed by atoms with E-state index in [-0.39, 0.29) is 28.3 Å². The first-order valence-electron chi connectivity index (χ1n) is 7.56. The molecule has 6 heteroatoms. The molecule has 1 heterocycles. The van der Waals surface area contributed by atoms with E-state index in [1.54, 1.807) is 17.3 Å². The summed E-state index contributed by atoms with van der Waals surface area (Å²) in [5.74, 6) is 0.694. The van der Waals surface area contributed by atoms with Gasteiger partial charge in [0, 0.05) is 30.3 Å². The van der Waals surface area contributed by atoms with Gasteiger partial charge in [0.05, 0.1) is 0 Å². The molecule has 1 amide bonds. The van der Waals surface area contributed by atoms with Gasteiger partial charge in [-0.3, -0.25) is 9.59 Å². The van der Waals surface area contributed by atoms with Crippen molar-refractivity contribution in [3.63, 3.8) is 0 Å². The lowest BCUT2D eigenvalue weighted by Crippen LogP contribution is -2.63. The van der Waals surface area contributed by atoms with Gasteiger partial charge in [-0.1, -0.05) is 43.4 Å². The summed E-state index contributed by atoms with van der Waals surface area (Å²) in [5, 5.41) is 1.57. The fraction of sp³-hybridized carbons (Fsp3) is 0.412. The number of nitrogens with zero attached hydrogens (tertiary/aromatic N) is 1. The topological polar surface area (TPSA) is 62.4 Å². The second-order valence-electron chi connectivity index (χ2n) is 6.47. The summed E-state index contributed by atoms with van der Waals surface area (Å²) in [6.45, 7) is 4.21. The number of hydrogen-bond acceptors (Lipinski definition) is 4. The highest BCUT2D eigenvalue weighted by Gasteiger charge is 2.53. The highest BCUT2D eigenvalue weighted by Crippen LogP contribution is 2.45. The standard InChI is InChI=1S/C17H20N2O3S/c1-17(2)13(9-14(17)22-11-7-5-4-6-8-11)19(3)15(20)12-10-23-16(21)18-12/h4-8,10,13-14H,9H2,1-3H3,(H,18,21). The van der Waals surface area contributed by atoms with Crippen molar-refractivity contribution in [3.05, 3.63) is 51.1 Å². The van der Waals surface area contributed by atoms with Crippen LogP contribution in [0.2, 0.25) is 0 Å². The number of nitrogens with one attached hydrogen (secondary N) is 1. The highest BCUT2D eigenvalue weighted by atomic mass is 32.1. The number of carbonyl (C=O) groups is 1. The second kappa shape index (κ2) is 5.85. The molecule has 1 aliphatic rings. The fourth-order valence-corrected chi connectivity index (χ4v) is 3.66. The lowest BCUT2D eigenvalue weighted by Gasteiger charge is -2.54. The van der Waals surface area contributed by atoms with E-state index < -0.39 is 0 Å². The van der Waals surface area contributed by atoms with Crippen molar-refractivity contribution in [1.29, 1.82) is 0 Å². The second-order valence-corrected chi connectivity index (χ2v) is 7.31. The van der Waals surface area contributed by atoms with Crippen LogP contribution in [-0.4, -0.2) is 35.0 Å². The number of thiazole rings is 1. The van der Waals surface area contributed by atoms with Gasteiger partial charge in [0.25, 0.3) is 5.91 Å². The predicted molar refractivity (Wildman–Crippen MR) is 90.1 cm³/mol. The summed E-state index contributed by atoms with van der Waals surface area (Å²) in [4.78, 5) is 27.8. The molecule has 0 radical (unpaired) electrons. The minimum atomic E-state index is -0.208. The number of H-pyrrole nitrogens is 1. The van der Waals surface area contributed by atoms with Crippen LogP contribution in [0, 0.1) is 5.41 Å². The SMILES string of the molecule is CN(C(=O)c1csc(=O)[nH]1)C1CC(Oc2ccccc2)C1(C)C. The molecule has 1 saturated carbocycles. The largest absolute Gasteiger partial charge is 0.490 e. The van der Waals surface area contributed by atoms with Crippen LogP contribution in [0.1, 0.15) is 30.8 Å². The number of hydrogen-bond donors (Lipinski definition) is 1. The Hall–Kier alpha value is -2.08. The van der Waals surface area contributed by atoms with Crippen molar-refractivity contribution < 1.29 is 9.53 Å². The molecule has 2 atom stereocenters. The van der Waals surface area contributed by atoms with Gasteiger partial charge in [-0.15, -0.1) is 0 Å². The average Bonchev–Trinajstić information content (AvgIpc) is 2.97. The fourth-order valence-electron chi connectivity index (χ4n) is 3.10. The van der Waals surface area contributed by atoms with E-state index in [2.05, 4.69) is 18.8 Å². The summed E-state index contributed by atoms with van der Waals surface area (Å²) in [6, 6.07) is 9.80. The van der Waals surface area contributed by atoms with Crippen LogP contribution >= 0.6 is 11.3 Å². The summed E-state index contributed by atoms with van der Waals surface area (Å²) in [5.41, 5.74) is 0.196. The molecule has 1 fully saturated rings. The van der Waals surface area contributed by atoms with Gasteiger partial charge >= 0.3 is 4.87 Å². The molecule has 0 aliphatic heterocycles. The van der Waals surface area contributed by atoms with E-state index in [1.807, 2.05) is 30.3 Å². The van der Waals surface area contributed by atoms with E-state index >= 15 is 0 Å². The van der Waals surface area contributed by atoms with Crippen LogP contribution in [-0.2, 0) is 0 Å². The van der Waals surface area contributed by atoms with Crippen LogP contribution in [0.4, 0.5) is 0 Å². The maximum Gasteiger partial charge on any atom is 0.305 e. The number of carbonyl (C=O) groups excluding carboxylic acids is 1. The zero-order valence-electron chi connectivity index (χ0n) is 13.4. The molecule has 5 nitrogen and oxygen atoms in total. The Morgan fingerprint density at radius 1 is 1.35 bits per heavy atom. The lowest BCUT2D eigenvalue weighted by molar-refractivity contribution is -0.0887. The number of ether oxygens (including phenoxy) is 1. The molecule has 0 spiro atoms. The van der Waals surface area contributed by atoms with Crippen molar-refractivity contribution in [1.82, 2.24) is 9.88 Å². The number of amides is 1. The zero-order chi connectivity index (χ0) is 16.6. The molecular formula is C17H20N2O3S. The van der Waals surface area contributed by atoms with Gasteiger partial charge < -0.3 is 14.6 Å². The van der Waals surface area contributed by atoms with Crippen molar-refractivity contribution >= 4 is 17.2 Å². The van der Waals surface area contributed by atoms with Crippen molar-refractivity contribution in [2.75, 3.05) is 7.05 Å². The summed E-state index contributed by atoms with van der Waals surface area (Å²) < 4.78 is 6.04. The molecule has 2 unspecified atom stereocenters. The smallest absolute Gasteiger partial charge is 0.305 e. The number of aromatic nitrogens is 1. The maximum absolute atomic E-state index is 12.5. The molecule has 1 aromatic heterocycles. The Morgan fingerprint density at radius 3 is 2.61 bits per heavy atom. The first-order valence-corrected chi connectivity index (χ1v) is 8.44. The molecule has 0 bridgehead atoms. The Morgan fingerprint density at radius 2 is 2.04 bits per heavy atom. The minimum Gasteiger partial charge on any atom is -0.490 e. The first kappa shape index (κ1) is 15.8. The van der Waals surface area contributed by atoms with Gasteiger partial charge in [0.1, 0.15) is 17.5 Å². The van der Waals surface area contributed by atoms with Crippen LogP contribution in [0.3, 0.4) is 0 Å². The van der Waals surface area contributed by atoms with E-state index in [0.717, 1.165) is 23.5 Å². The van der Waals surface area contributed by atoms with Crippen LogP contribution in [0.5, 0.6) is 5.75 Å². The number of aromatic amines is 1.